The number of rotatable bonds is 8. The molecule has 0 aliphatic rings. The maximum atomic E-state index is 13.0. The lowest BCUT2D eigenvalue weighted by atomic mass is 10.1. The molecule has 0 aliphatic heterocycles. The zero-order valence-corrected chi connectivity index (χ0v) is 17.7. The Kier molecular flexibility index (Phi) is 6.52. The van der Waals surface area contributed by atoms with Gasteiger partial charge in [-0.25, -0.2) is 14.6 Å². The standard InChI is InChI=1S/C22H20FN5O3S/c23-16-7-5-14(6-8-16)22(30)24-12-17-13-28(27-25-17)18(11-21(29)26-31)10-19-9-15-3-1-2-4-20(15)32-19/h1-9,13,18,31H,10-12H2,(H,24,30)(H,26,29)/t18-/m1/s1. The summed E-state index contributed by atoms with van der Waals surface area (Å²) in [6.45, 7) is 0.123. The first-order chi connectivity index (χ1) is 15.5. The van der Waals surface area contributed by atoms with Crippen LogP contribution in [0.25, 0.3) is 10.1 Å². The van der Waals surface area contributed by atoms with Crippen LogP contribution in [0.15, 0.2) is 60.8 Å². The molecular weight excluding hydrogens is 433 g/mol. The van der Waals surface area contributed by atoms with Crippen molar-refractivity contribution < 1.29 is 19.2 Å². The van der Waals surface area contributed by atoms with Crippen LogP contribution >= 0.6 is 11.3 Å². The number of nitrogens with one attached hydrogen (secondary N) is 2. The van der Waals surface area contributed by atoms with E-state index in [2.05, 4.69) is 21.7 Å². The van der Waals surface area contributed by atoms with Crippen LogP contribution in [-0.4, -0.2) is 32.0 Å². The van der Waals surface area contributed by atoms with Gasteiger partial charge >= 0.3 is 0 Å². The molecular formula is C22H20FN5O3S. The van der Waals surface area contributed by atoms with Gasteiger partial charge in [-0.05, 0) is 41.8 Å². The lowest BCUT2D eigenvalue weighted by molar-refractivity contribution is -0.130. The SMILES string of the molecule is O=C(C[C@@H](Cc1cc2ccccc2s1)n1cc(CNC(=O)c2ccc(F)cc2)nn1)NO. The second-order valence-corrected chi connectivity index (χ2v) is 8.40. The van der Waals surface area contributed by atoms with E-state index in [1.54, 1.807) is 27.7 Å². The van der Waals surface area contributed by atoms with Gasteiger partial charge in [-0.15, -0.1) is 16.4 Å². The predicted octanol–water partition coefficient (Wildman–Crippen LogP) is 3.24. The Morgan fingerprint density at radius 2 is 1.94 bits per heavy atom. The van der Waals surface area contributed by atoms with E-state index in [1.165, 1.54) is 24.3 Å². The van der Waals surface area contributed by atoms with Crippen molar-refractivity contribution in [1.29, 1.82) is 0 Å². The molecule has 2 heterocycles. The fourth-order valence-electron chi connectivity index (χ4n) is 3.34. The van der Waals surface area contributed by atoms with Gasteiger partial charge in [0.1, 0.15) is 11.5 Å². The molecule has 10 heteroatoms. The number of carbonyl (C=O) groups excluding carboxylic acids is 2. The van der Waals surface area contributed by atoms with E-state index in [-0.39, 0.29) is 24.9 Å². The Morgan fingerprint density at radius 3 is 2.69 bits per heavy atom. The van der Waals surface area contributed by atoms with Crippen molar-refractivity contribution in [3.05, 3.63) is 82.7 Å². The third kappa shape index (κ3) is 5.16. The summed E-state index contributed by atoms with van der Waals surface area (Å²) in [5.74, 6) is -1.31. The maximum Gasteiger partial charge on any atom is 0.251 e. The van der Waals surface area contributed by atoms with Crippen molar-refractivity contribution in [3.63, 3.8) is 0 Å². The summed E-state index contributed by atoms with van der Waals surface area (Å²) in [5, 5.41) is 21.0. The van der Waals surface area contributed by atoms with E-state index in [4.69, 9.17) is 5.21 Å². The lowest BCUT2D eigenvalue weighted by Gasteiger charge is -2.14. The van der Waals surface area contributed by atoms with Crippen molar-refractivity contribution in [2.75, 3.05) is 0 Å². The minimum atomic E-state index is -0.530. The van der Waals surface area contributed by atoms with Crippen LogP contribution in [0.5, 0.6) is 0 Å². The first-order valence-electron chi connectivity index (χ1n) is 9.86. The van der Waals surface area contributed by atoms with Crippen molar-refractivity contribution in [3.8, 4) is 0 Å². The number of carbonyl (C=O) groups is 2. The van der Waals surface area contributed by atoms with Gasteiger partial charge in [0.05, 0.1) is 25.2 Å². The van der Waals surface area contributed by atoms with Crippen LogP contribution in [0.1, 0.15) is 33.4 Å². The van der Waals surface area contributed by atoms with Crippen LogP contribution in [0.2, 0.25) is 0 Å². The van der Waals surface area contributed by atoms with Crippen LogP contribution in [0.4, 0.5) is 4.39 Å². The number of hydrogen-bond donors (Lipinski definition) is 3. The number of aromatic nitrogens is 3. The molecule has 0 unspecified atom stereocenters. The second kappa shape index (κ2) is 9.67. The van der Waals surface area contributed by atoms with Crippen molar-refractivity contribution in [1.82, 2.24) is 25.8 Å². The Morgan fingerprint density at radius 1 is 1.16 bits per heavy atom. The number of amides is 2. The van der Waals surface area contributed by atoms with Crippen molar-refractivity contribution >= 4 is 33.2 Å². The second-order valence-electron chi connectivity index (χ2n) is 7.23. The van der Waals surface area contributed by atoms with Gasteiger partial charge in [0.15, 0.2) is 0 Å². The highest BCUT2D eigenvalue weighted by Gasteiger charge is 2.20. The fraction of sp³-hybridized carbons (Fsp3) is 0.182. The van der Waals surface area contributed by atoms with Crippen molar-refractivity contribution in [2.24, 2.45) is 0 Å². The van der Waals surface area contributed by atoms with E-state index >= 15 is 0 Å². The minimum absolute atomic E-state index is 0.00941. The Bertz CT molecular complexity index is 1200. The number of hydrogen-bond acceptors (Lipinski definition) is 6. The molecule has 4 rings (SSSR count). The molecule has 0 bridgehead atoms. The van der Waals surface area contributed by atoms with Crippen LogP contribution in [0.3, 0.4) is 0 Å². The van der Waals surface area contributed by atoms with E-state index in [1.807, 2.05) is 24.3 Å². The highest BCUT2D eigenvalue weighted by atomic mass is 32.1. The van der Waals surface area contributed by atoms with Gasteiger partial charge in [-0.1, -0.05) is 23.4 Å². The summed E-state index contributed by atoms with van der Waals surface area (Å²) >= 11 is 1.64. The molecule has 2 aromatic carbocycles. The van der Waals surface area contributed by atoms with Crippen molar-refractivity contribution in [2.45, 2.75) is 25.4 Å². The average molecular weight is 453 g/mol. The third-order valence-electron chi connectivity index (χ3n) is 4.93. The molecule has 164 valence electrons. The molecule has 2 amide bonds. The summed E-state index contributed by atoms with van der Waals surface area (Å²) in [6.07, 6.45) is 2.20. The summed E-state index contributed by atoms with van der Waals surface area (Å²) < 4.78 is 15.7. The Balaban J connectivity index is 1.46. The molecule has 2 aromatic heterocycles. The van der Waals surface area contributed by atoms with E-state index in [9.17, 15) is 14.0 Å². The topological polar surface area (TPSA) is 109 Å². The van der Waals surface area contributed by atoms with Crippen LogP contribution in [0, 0.1) is 5.82 Å². The maximum absolute atomic E-state index is 13.0. The quantitative estimate of drug-likeness (QED) is 0.280. The number of fused-ring (bicyclic) bond motifs is 1. The largest absolute Gasteiger partial charge is 0.346 e. The highest BCUT2D eigenvalue weighted by molar-refractivity contribution is 7.19. The van der Waals surface area contributed by atoms with Gasteiger partial charge in [-0.3, -0.25) is 14.8 Å². The molecule has 3 N–H and O–H groups in total. The summed E-state index contributed by atoms with van der Waals surface area (Å²) in [5.41, 5.74) is 2.51. The molecule has 0 aliphatic carbocycles. The average Bonchev–Trinajstić information content (AvgIpc) is 3.44. The van der Waals surface area contributed by atoms with E-state index in [0.29, 0.717) is 17.7 Å². The Labute approximate surface area is 186 Å². The normalized spacial score (nSPS) is 11.9. The summed E-state index contributed by atoms with van der Waals surface area (Å²) in [7, 11) is 0. The fourth-order valence-corrected chi connectivity index (χ4v) is 4.47. The number of halogens is 1. The zero-order valence-electron chi connectivity index (χ0n) is 16.9. The van der Waals surface area contributed by atoms with E-state index in [0.717, 1.165) is 15.0 Å². The van der Waals surface area contributed by atoms with E-state index < -0.39 is 11.7 Å². The number of benzene rings is 2. The number of nitrogens with zero attached hydrogens (tertiary/aromatic N) is 3. The smallest absolute Gasteiger partial charge is 0.251 e. The Hall–Kier alpha value is -3.63. The third-order valence-corrected chi connectivity index (χ3v) is 6.07. The van der Waals surface area contributed by atoms with Gasteiger partial charge in [-0.2, -0.15) is 0 Å². The molecule has 1 atom stereocenters. The predicted molar refractivity (Wildman–Crippen MR) is 117 cm³/mol. The first kappa shape index (κ1) is 21.6. The molecule has 32 heavy (non-hydrogen) atoms. The molecule has 0 saturated carbocycles. The van der Waals surface area contributed by atoms with Gasteiger partial charge in [0.2, 0.25) is 5.91 Å². The lowest BCUT2D eigenvalue weighted by Crippen LogP contribution is -2.25. The number of hydroxylamine groups is 1. The van der Waals surface area contributed by atoms with Gasteiger partial charge in [0, 0.05) is 21.6 Å². The molecule has 0 fully saturated rings. The molecule has 4 aromatic rings. The minimum Gasteiger partial charge on any atom is -0.346 e. The summed E-state index contributed by atoms with van der Waals surface area (Å²) in [4.78, 5) is 25.1. The molecule has 0 saturated heterocycles. The first-order valence-corrected chi connectivity index (χ1v) is 10.7. The highest BCUT2D eigenvalue weighted by Crippen LogP contribution is 2.29. The monoisotopic (exact) mass is 453 g/mol. The molecule has 8 nitrogen and oxygen atoms in total. The van der Waals surface area contributed by atoms with Crippen LogP contribution in [-0.2, 0) is 17.8 Å². The van der Waals surface area contributed by atoms with Gasteiger partial charge in [0.25, 0.3) is 5.91 Å². The molecule has 0 radical (unpaired) electrons. The van der Waals surface area contributed by atoms with Gasteiger partial charge < -0.3 is 5.32 Å². The molecule has 0 spiro atoms. The zero-order chi connectivity index (χ0) is 22.5. The number of thiophene rings is 1. The van der Waals surface area contributed by atoms with Crippen LogP contribution < -0.4 is 10.8 Å². The summed E-state index contributed by atoms with van der Waals surface area (Å²) in [6, 6.07) is 15.0.